The minimum atomic E-state index is -3.94. The van der Waals surface area contributed by atoms with Crippen LogP contribution in [0, 0.1) is 13.0 Å². The monoisotopic (exact) mass is 492 g/mol. The van der Waals surface area contributed by atoms with Gasteiger partial charge in [0.2, 0.25) is 0 Å². The molecule has 0 bridgehead atoms. The molecule has 0 spiro atoms. The summed E-state index contributed by atoms with van der Waals surface area (Å²) in [4.78, 5) is 16.8. The number of hydrogen-bond acceptors (Lipinski definition) is 5. The summed E-state index contributed by atoms with van der Waals surface area (Å²) in [5, 5.41) is 0.626. The molecule has 5 rings (SSSR count). The van der Waals surface area contributed by atoms with E-state index < -0.39 is 10.1 Å². The molecule has 0 saturated carbocycles. The number of aromatic nitrogens is 2. The van der Waals surface area contributed by atoms with E-state index in [0.717, 1.165) is 22.5 Å². The Balaban J connectivity index is 0.00000218. The summed E-state index contributed by atoms with van der Waals surface area (Å²) in [6, 6.07) is 19.7. The van der Waals surface area contributed by atoms with Gasteiger partial charge >= 0.3 is 10.1 Å². The second-order valence-corrected chi connectivity index (χ2v) is 8.48. The Labute approximate surface area is 198 Å². The van der Waals surface area contributed by atoms with Crippen molar-refractivity contribution in [1.29, 1.82) is 0 Å². The molecule has 6 nitrogen and oxygen atoms in total. The summed E-state index contributed by atoms with van der Waals surface area (Å²) < 4.78 is 32.0. The molecule has 0 aliphatic carbocycles. The van der Waals surface area contributed by atoms with E-state index >= 15 is 0 Å². The van der Waals surface area contributed by atoms with Gasteiger partial charge in [-0.1, -0.05) is 41.5 Å². The van der Waals surface area contributed by atoms with E-state index in [1.54, 1.807) is 41.0 Å². The third-order valence-corrected chi connectivity index (χ3v) is 6.16. The smallest absolute Gasteiger partial charge is 0.338 e. The van der Waals surface area contributed by atoms with Crippen LogP contribution in [0.1, 0.15) is 11.1 Å². The topological polar surface area (TPSA) is 78.3 Å². The fraction of sp³-hybridized carbons (Fsp3) is 0.0909. The van der Waals surface area contributed by atoms with E-state index in [9.17, 15) is 13.2 Å². The van der Waals surface area contributed by atoms with Crippen LogP contribution in [0.4, 0.5) is 0 Å². The van der Waals surface area contributed by atoms with Gasteiger partial charge in [-0.2, -0.15) is 8.42 Å². The summed E-state index contributed by atoms with van der Waals surface area (Å²) in [6.07, 6.45) is 0. The molecular weight excluding hydrogens is 477 g/mol. The summed E-state index contributed by atoms with van der Waals surface area (Å²) >= 11 is 0. The van der Waals surface area contributed by atoms with Gasteiger partial charge in [-0.25, -0.2) is 0 Å². The average molecular weight is 492 g/mol. The van der Waals surface area contributed by atoms with Gasteiger partial charge in [0.15, 0.2) is 0 Å². The minimum absolute atomic E-state index is 0. The van der Waals surface area contributed by atoms with Crippen molar-refractivity contribution < 1.29 is 45.3 Å². The van der Waals surface area contributed by atoms with Crippen LogP contribution in [0.5, 0.6) is 5.75 Å². The van der Waals surface area contributed by atoms with Crippen molar-refractivity contribution in [2.24, 2.45) is 0 Å². The van der Waals surface area contributed by atoms with Gasteiger partial charge in [-0.15, -0.1) is 11.5 Å². The quantitative estimate of drug-likeness (QED) is 0.285. The van der Waals surface area contributed by atoms with Gasteiger partial charge in [0.05, 0.1) is 0 Å². The molecule has 4 aromatic rings. The van der Waals surface area contributed by atoms with E-state index in [0.29, 0.717) is 17.4 Å². The van der Waals surface area contributed by atoms with E-state index in [4.69, 9.17) is 4.18 Å². The number of rotatable bonds is 3. The Morgan fingerprint density at radius 3 is 2.60 bits per heavy atom. The zero-order valence-electron chi connectivity index (χ0n) is 16.0. The molecule has 0 unspecified atom stereocenters. The number of pyridine rings is 2. The van der Waals surface area contributed by atoms with Gasteiger partial charge in [0, 0.05) is 56.7 Å². The van der Waals surface area contributed by atoms with Gasteiger partial charge in [0.1, 0.15) is 10.6 Å². The second-order valence-electron chi connectivity index (χ2n) is 6.93. The molecule has 2 aromatic carbocycles. The molecule has 1 aliphatic rings. The Bertz CT molecular complexity index is 1440. The van der Waals surface area contributed by atoms with Crippen LogP contribution in [-0.2, 0) is 49.4 Å². The predicted octanol–water partition coefficient (Wildman–Crippen LogP) is 3.30. The summed E-state index contributed by atoms with van der Waals surface area (Å²) in [6.45, 7) is 2.27. The maximum absolute atomic E-state index is 12.5. The zero-order chi connectivity index (χ0) is 20.2. The van der Waals surface area contributed by atoms with Crippen LogP contribution in [0.25, 0.3) is 22.3 Å². The molecule has 30 heavy (non-hydrogen) atoms. The van der Waals surface area contributed by atoms with Crippen LogP contribution >= 0.6 is 0 Å². The van der Waals surface area contributed by atoms with Crippen LogP contribution in [0.15, 0.2) is 70.4 Å². The molecule has 1 aliphatic heterocycles. The molecule has 0 fully saturated rings. The first-order valence-electron chi connectivity index (χ1n) is 8.98. The molecule has 0 amide bonds. The third kappa shape index (κ3) is 3.62. The van der Waals surface area contributed by atoms with Crippen LogP contribution in [-0.4, -0.2) is 18.0 Å². The Hall–Kier alpha value is -2.35. The average Bonchev–Trinajstić information content (AvgIpc) is 3.05. The number of nitrogens with zero attached hydrogens (tertiary/aromatic N) is 2. The molecule has 2 aromatic heterocycles. The Morgan fingerprint density at radius 1 is 1.07 bits per heavy atom. The van der Waals surface area contributed by atoms with Gasteiger partial charge < -0.3 is 13.7 Å². The second kappa shape index (κ2) is 7.72. The third-order valence-electron chi connectivity index (χ3n) is 4.90. The van der Waals surface area contributed by atoms with Crippen molar-refractivity contribution >= 4 is 21.0 Å². The van der Waals surface area contributed by atoms with E-state index in [-0.39, 0.29) is 48.9 Å². The van der Waals surface area contributed by atoms with Gasteiger partial charge in [0.25, 0.3) is 5.56 Å². The summed E-state index contributed by atoms with van der Waals surface area (Å²) in [5.74, 6) is 0.184. The maximum atomic E-state index is 12.5. The van der Waals surface area contributed by atoms with Crippen molar-refractivity contribution in [1.82, 2.24) is 9.55 Å². The largest absolute Gasteiger partial charge is 0.389 e. The Kier molecular flexibility index (Phi) is 5.38. The normalized spacial score (nSPS) is 12.2. The van der Waals surface area contributed by atoms with Crippen molar-refractivity contribution in [3.8, 4) is 17.1 Å². The standard InChI is InChI=1S/C22H15N2O4S.Y/c1-14-5-8-18(9-6-14)29(26,27)28-17-7-10-19-15(12-17)11-16-13-24-20(22(16)23-19)3-2-4-21(24)25;/h2-10,12H,13H2,1H3;/q-1;. The van der Waals surface area contributed by atoms with E-state index in [2.05, 4.69) is 11.1 Å². The van der Waals surface area contributed by atoms with E-state index in [1.807, 2.05) is 13.0 Å². The molecule has 147 valence electrons. The number of fused-ring (bicyclic) bond motifs is 4. The number of aryl methyl sites for hydroxylation is 1. The van der Waals surface area contributed by atoms with Gasteiger partial charge in [-0.3, -0.25) is 4.79 Å². The first-order valence-corrected chi connectivity index (χ1v) is 10.4. The fourth-order valence-electron chi connectivity index (χ4n) is 3.43. The zero-order valence-corrected chi connectivity index (χ0v) is 19.6. The molecule has 3 heterocycles. The minimum Gasteiger partial charge on any atom is -0.389 e. The molecule has 0 N–H and O–H groups in total. The van der Waals surface area contributed by atoms with Crippen LogP contribution < -0.4 is 9.74 Å². The maximum Gasteiger partial charge on any atom is 0.338 e. The summed E-state index contributed by atoms with van der Waals surface area (Å²) in [7, 11) is -3.94. The van der Waals surface area contributed by atoms with Crippen molar-refractivity contribution in [3.05, 3.63) is 88.2 Å². The number of hydrogen-bond donors (Lipinski definition) is 0. The fourth-order valence-corrected chi connectivity index (χ4v) is 4.35. The summed E-state index contributed by atoms with van der Waals surface area (Å²) in [5.41, 5.74) is 3.78. The van der Waals surface area contributed by atoms with Crippen molar-refractivity contribution in [2.75, 3.05) is 0 Å². The van der Waals surface area contributed by atoms with Crippen molar-refractivity contribution in [3.63, 3.8) is 0 Å². The molecule has 8 heteroatoms. The molecular formula is C22H15N2O4SY-. The SMILES string of the molecule is Cc1ccc(S(=O)(=O)Oc2ccc3nc4c([c-]c3c2)Cn2c-4cccc2=O)cc1.[Y]. The molecule has 0 atom stereocenters. The molecule has 0 saturated heterocycles. The van der Waals surface area contributed by atoms with Crippen molar-refractivity contribution in [2.45, 2.75) is 18.4 Å². The van der Waals surface area contributed by atoms with Crippen LogP contribution in [0.3, 0.4) is 0 Å². The molecule has 1 radical (unpaired) electrons. The Morgan fingerprint density at radius 2 is 1.83 bits per heavy atom. The van der Waals surface area contributed by atoms with Crippen LogP contribution in [0.2, 0.25) is 0 Å². The number of benzene rings is 2. The van der Waals surface area contributed by atoms with E-state index in [1.165, 1.54) is 18.2 Å². The predicted molar refractivity (Wildman–Crippen MR) is 108 cm³/mol. The first kappa shape index (κ1) is 20.9. The van der Waals surface area contributed by atoms with Gasteiger partial charge in [-0.05, 0) is 36.7 Å². The first-order chi connectivity index (χ1) is 13.9.